The predicted molar refractivity (Wildman–Crippen MR) is 43.5 cm³/mol. The van der Waals surface area contributed by atoms with Gasteiger partial charge in [0.1, 0.15) is 0 Å². The number of amides is 2. The zero-order valence-electron chi connectivity index (χ0n) is 7.49. The van der Waals surface area contributed by atoms with Gasteiger partial charge in [-0.15, -0.1) is 0 Å². The average Bonchev–Trinajstić information content (AvgIpc) is 1.53. The topological polar surface area (TPSA) is 88.8 Å². The van der Waals surface area contributed by atoms with Crippen LogP contribution in [0.1, 0.15) is 20.8 Å². The van der Waals surface area contributed by atoms with Gasteiger partial charge in [0, 0.05) is 44.2 Å². The smallest absolute Gasteiger partial charge is 0.263 e. The summed E-state index contributed by atoms with van der Waals surface area (Å²) in [6, 6.07) is -0.516. The van der Waals surface area contributed by atoms with Gasteiger partial charge in [0.25, 0.3) is 6.03 Å². The number of rotatable bonds is 0. The first-order valence-electron chi connectivity index (χ1n) is 3.20. The number of carbonyl (C=O) groups excluding carboxylic acids is 1. The Morgan fingerprint density at radius 1 is 1.42 bits per heavy atom. The summed E-state index contributed by atoms with van der Waals surface area (Å²) in [4.78, 5) is 10.8. The monoisotopic (exact) mass is 246 g/mol. The maximum Gasteiger partial charge on any atom is 0.263 e. The van der Waals surface area contributed by atoms with Crippen molar-refractivity contribution in [2.24, 2.45) is 0 Å². The number of hydrogen-bond donors (Lipinski definition) is 3. The first kappa shape index (κ1) is 14.4. The Hall–Kier alpha value is -0.156. The van der Waals surface area contributed by atoms with Crippen LogP contribution in [0.2, 0.25) is 0 Å². The Morgan fingerprint density at radius 3 is 2.08 bits per heavy atom. The third-order valence-electron chi connectivity index (χ3n) is 0.727. The van der Waals surface area contributed by atoms with Gasteiger partial charge in [0.05, 0.1) is 0 Å². The molecule has 0 aromatic heterocycles. The van der Waals surface area contributed by atoms with Crippen molar-refractivity contribution in [3.05, 3.63) is 5.73 Å². The summed E-state index contributed by atoms with van der Waals surface area (Å²) in [6.07, 6.45) is 0. The van der Waals surface area contributed by atoms with E-state index in [4.69, 9.17) is 11.1 Å². The molecule has 0 saturated heterocycles. The average molecular weight is 246 g/mol. The van der Waals surface area contributed by atoms with Crippen LogP contribution in [-0.4, -0.2) is 17.5 Å². The van der Waals surface area contributed by atoms with E-state index in [0.717, 1.165) is 0 Å². The van der Waals surface area contributed by atoms with E-state index in [2.05, 4.69) is 5.32 Å². The number of urea groups is 1. The van der Waals surface area contributed by atoms with Gasteiger partial charge in [-0.05, 0) is 20.8 Å². The minimum atomic E-state index is -0.605. The minimum absolute atomic E-state index is 0. The summed E-state index contributed by atoms with van der Waals surface area (Å²) in [5, 5.41) is 11.2. The van der Waals surface area contributed by atoms with E-state index in [1.54, 1.807) is 0 Å². The summed E-state index contributed by atoms with van der Waals surface area (Å²) >= 11 is 0. The van der Waals surface area contributed by atoms with Crippen molar-refractivity contribution in [3.63, 3.8) is 0 Å². The molecule has 4 N–H and O–H groups in total. The van der Waals surface area contributed by atoms with Gasteiger partial charge in [-0.1, -0.05) is 0 Å². The van der Waals surface area contributed by atoms with E-state index < -0.39 is 12.0 Å². The Balaban J connectivity index is 0. The molecular weight excluding hydrogens is 233 g/mol. The molecule has 2 amide bonds. The first-order valence-corrected chi connectivity index (χ1v) is 3.20. The van der Waals surface area contributed by atoms with Crippen LogP contribution in [-0.2, 0) is 32.7 Å². The molecule has 0 spiro atoms. The van der Waals surface area contributed by atoms with E-state index in [0.29, 0.717) is 0 Å². The maximum atomic E-state index is 10.8. The molecule has 0 saturated carbocycles. The molecule has 12 heavy (non-hydrogen) atoms. The summed E-state index contributed by atoms with van der Waals surface area (Å²) in [5.74, 6) is -0.605. The molecule has 1 radical (unpaired) electrons. The molecule has 0 atom stereocenters. The van der Waals surface area contributed by atoms with Crippen LogP contribution in [0.25, 0.3) is 5.73 Å². The van der Waals surface area contributed by atoms with E-state index >= 15 is 0 Å². The second-order valence-corrected chi connectivity index (χ2v) is 3.20. The Kier molecular flexibility index (Phi) is 6.57. The molecule has 0 rings (SSSR count). The van der Waals surface area contributed by atoms with Crippen LogP contribution in [0.15, 0.2) is 0 Å². The summed E-state index contributed by atoms with van der Waals surface area (Å²) in [5.41, 5.74) is 6.29. The zero-order chi connectivity index (χ0) is 9.07. The van der Waals surface area contributed by atoms with Crippen LogP contribution in [0.4, 0.5) is 4.79 Å². The van der Waals surface area contributed by atoms with E-state index in [1.807, 2.05) is 26.1 Å². The third kappa shape index (κ3) is 9.84. The zero-order valence-corrected chi connectivity index (χ0v) is 10.3. The molecule has 0 unspecified atom stereocenters. The fraction of sp³-hybridized carbons (Fsp3) is 0.667. The fourth-order valence-corrected chi connectivity index (χ4v) is 0.485. The van der Waals surface area contributed by atoms with Crippen molar-refractivity contribution in [1.82, 2.24) is 10.6 Å². The fourth-order valence-electron chi connectivity index (χ4n) is 0.485. The standard InChI is InChI=1S/C6H14N4O.Y/c1-6(2,3)10-5(11)9-4(7)8;/h1-3H3,(H5,7,8,9,10,11);/p-1. The van der Waals surface area contributed by atoms with Gasteiger partial charge in [0.15, 0.2) is 0 Å². The number of guanidine groups is 1. The molecule has 0 aromatic carbocycles. The number of carbonyl (C=O) groups is 1. The van der Waals surface area contributed by atoms with Crippen molar-refractivity contribution >= 4 is 12.0 Å². The van der Waals surface area contributed by atoms with Crippen molar-refractivity contribution < 1.29 is 37.5 Å². The van der Waals surface area contributed by atoms with Crippen LogP contribution >= 0.6 is 0 Å². The van der Waals surface area contributed by atoms with Crippen molar-refractivity contribution in [1.29, 1.82) is 5.41 Å². The van der Waals surface area contributed by atoms with Gasteiger partial charge in [-0.2, -0.15) is 0 Å². The molecule has 0 aromatic rings. The molecule has 6 heteroatoms. The SMILES string of the molecule is CC(C)(C)NC(=O)NC(=N)[NH-].[Y]. The Labute approximate surface area is 97.2 Å². The van der Waals surface area contributed by atoms with Crippen LogP contribution in [0.3, 0.4) is 0 Å². The summed E-state index contributed by atoms with van der Waals surface area (Å²) in [6.45, 7) is 5.46. The molecule has 0 heterocycles. The second-order valence-electron chi connectivity index (χ2n) is 3.20. The maximum absolute atomic E-state index is 10.8. The molecule has 67 valence electrons. The van der Waals surface area contributed by atoms with Gasteiger partial charge in [0.2, 0.25) is 0 Å². The quantitative estimate of drug-likeness (QED) is 0.433. The molecule has 0 aliphatic rings. The van der Waals surface area contributed by atoms with E-state index in [9.17, 15) is 4.79 Å². The van der Waals surface area contributed by atoms with Crippen molar-refractivity contribution in [2.45, 2.75) is 26.3 Å². The third-order valence-corrected chi connectivity index (χ3v) is 0.727. The minimum Gasteiger partial charge on any atom is -0.411 e. The van der Waals surface area contributed by atoms with E-state index in [-0.39, 0.29) is 38.2 Å². The molecular formula is C6H13N4OY-. The van der Waals surface area contributed by atoms with Crippen molar-refractivity contribution in [3.8, 4) is 0 Å². The summed E-state index contributed by atoms with van der Waals surface area (Å²) in [7, 11) is 0. The van der Waals surface area contributed by atoms with Crippen LogP contribution in [0, 0.1) is 5.41 Å². The Bertz CT molecular complexity index is 175. The largest absolute Gasteiger partial charge is 0.411 e. The van der Waals surface area contributed by atoms with Crippen LogP contribution in [0.5, 0.6) is 0 Å². The molecule has 5 nitrogen and oxygen atoms in total. The number of hydrogen-bond acceptors (Lipinski definition) is 2. The molecule has 0 fully saturated rings. The molecule has 0 aliphatic carbocycles. The summed E-state index contributed by atoms with van der Waals surface area (Å²) < 4.78 is 0. The molecule has 0 aliphatic heterocycles. The molecule has 0 bridgehead atoms. The first-order chi connectivity index (χ1) is 4.81. The van der Waals surface area contributed by atoms with Gasteiger partial charge < -0.3 is 21.8 Å². The normalized spacial score (nSPS) is 9.58. The second kappa shape index (κ2) is 5.48. The van der Waals surface area contributed by atoms with Crippen molar-refractivity contribution in [2.75, 3.05) is 0 Å². The van der Waals surface area contributed by atoms with Gasteiger partial charge in [-0.25, -0.2) is 0 Å². The predicted octanol–water partition coefficient (Wildman–Crippen LogP) is 1.07. The number of nitrogens with one attached hydrogen (secondary N) is 4. The van der Waals surface area contributed by atoms with Gasteiger partial charge in [-0.3, -0.25) is 4.79 Å². The van der Waals surface area contributed by atoms with Gasteiger partial charge >= 0.3 is 0 Å². The van der Waals surface area contributed by atoms with E-state index in [1.165, 1.54) is 0 Å². The van der Waals surface area contributed by atoms with Crippen LogP contribution < -0.4 is 10.6 Å². The Morgan fingerprint density at radius 2 is 1.83 bits per heavy atom.